The van der Waals surface area contributed by atoms with Crippen LogP contribution in [0.5, 0.6) is 17.2 Å². The molecule has 0 amide bonds. The molecule has 1 aromatic heterocycles. The van der Waals surface area contributed by atoms with E-state index < -0.39 is 0 Å². The van der Waals surface area contributed by atoms with Crippen LogP contribution in [0.4, 0.5) is 11.4 Å². The molecule has 10 heteroatoms. The molecule has 0 atom stereocenters. The summed E-state index contributed by atoms with van der Waals surface area (Å²) >= 11 is 12.6. The van der Waals surface area contributed by atoms with E-state index in [-0.39, 0.29) is 5.54 Å². The Kier molecular flexibility index (Phi) is 9.29. The van der Waals surface area contributed by atoms with Gasteiger partial charge < -0.3 is 24.4 Å². The second-order valence-electron chi connectivity index (χ2n) is 10.5. The number of aromatic nitrogens is 1. The van der Waals surface area contributed by atoms with Crippen LogP contribution in [0.15, 0.2) is 30.5 Å². The molecule has 1 aliphatic rings. The molecule has 2 heterocycles. The second-order valence-corrected chi connectivity index (χ2v) is 11.3. The molecule has 2 aromatic carbocycles. The molecule has 0 aliphatic carbocycles. The molecule has 4 rings (SSSR count). The smallest absolute Gasteiger partial charge is 0.163 e. The predicted molar refractivity (Wildman–Crippen MR) is 157 cm³/mol. The van der Waals surface area contributed by atoms with Gasteiger partial charge in [0.2, 0.25) is 0 Å². The van der Waals surface area contributed by atoms with Crippen LogP contribution < -0.4 is 19.5 Å². The molecular formula is C29H35Cl2N5O3. The van der Waals surface area contributed by atoms with Crippen LogP contribution in [0.3, 0.4) is 0 Å². The minimum atomic E-state index is 0.215. The van der Waals surface area contributed by atoms with Crippen molar-refractivity contribution in [1.29, 1.82) is 5.26 Å². The van der Waals surface area contributed by atoms with Gasteiger partial charge in [0.05, 0.1) is 53.3 Å². The topological polar surface area (TPSA) is 82.9 Å². The lowest BCUT2D eigenvalue weighted by Crippen LogP contribution is -2.53. The van der Waals surface area contributed by atoms with Crippen molar-refractivity contribution in [3.8, 4) is 23.3 Å². The zero-order valence-electron chi connectivity index (χ0n) is 23.1. The lowest BCUT2D eigenvalue weighted by molar-refractivity contribution is 0.0601. The molecule has 8 nitrogen and oxygen atoms in total. The number of halogens is 2. The number of rotatable bonds is 9. The maximum atomic E-state index is 9.78. The van der Waals surface area contributed by atoms with Gasteiger partial charge in [-0.2, -0.15) is 5.26 Å². The Balaban J connectivity index is 1.49. The molecule has 0 radical (unpaired) electrons. The number of nitriles is 1. The molecule has 1 fully saturated rings. The van der Waals surface area contributed by atoms with Crippen molar-refractivity contribution in [2.75, 3.05) is 58.9 Å². The normalized spacial score (nSPS) is 14.7. The molecule has 1 saturated heterocycles. The van der Waals surface area contributed by atoms with Crippen molar-refractivity contribution in [3.05, 3.63) is 46.1 Å². The average molecular weight is 573 g/mol. The molecule has 0 unspecified atom stereocenters. The van der Waals surface area contributed by atoms with Crippen LogP contribution in [0, 0.1) is 11.3 Å². The standard InChI is InChI=1S/C29H35Cl2N5O3/c1-29(2,3)36-10-8-35(9-11-36)7-6-12-39-27-15-23-20(13-26(27)38-5)28(19(17-32)18-33-23)34-24-16-25(37-4)22(31)14-21(24)30/h13-16,18H,6-12H2,1-5H3,(H,33,34). The Labute approximate surface area is 240 Å². The number of hydrogen-bond donors (Lipinski definition) is 1. The van der Waals surface area contributed by atoms with E-state index >= 15 is 0 Å². The lowest BCUT2D eigenvalue weighted by atomic mass is 10.0. The highest BCUT2D eigenvalue weighted by atomic mass is 35.5. The number of pyridine rings is 1. The fraction of sp³-hybridized carbons (Fsp3) is 0.448. The van der Waals surface area contributed by atoms with Crippen LogP contribution in [0.25, 0.3) is 10.9 Å². The van der Waals surface area contributed by atoms with Gasteiger partial charge >= 0.3 is 0 Å². The highest BCUT2D eigenvalue weighted by molar-refractivity contribution is 6.37. The van der Waals surface area contributed by atoms with E-state index in [0.29, 0.717) is 61.7 Å². The third-order valence-electron chi connectivity index (χ3n) is 6.97. The summed E-state index contributed by atoms with van der Waals surface area (Å²) in [6.45, 7) is 12.7. The number of anilines is 2. The SMILES string of the molecule is COc1cc(Nc2c(C#N)cnc3cc(OCCCN4CCN(C(C)(C)C)CC4)c(OC)cc23)c(Cl)cc1Cl. The van der Waals surface area contributed by atoms with Gasteiger partial charge in [-0.05, 0) is 39.3 Å². The monoisotopic (exact) mass is 571 g/mol. The highest BCUT2D eigenvalue weighted by Crippen LogP contribution is 2.40. The fourth-order valence-electron chi connectivity index (χ4n) is 4.72. The summed E-state index contributed by atoms with van der Waals surface area (Å²) in [5.41, 5.74) is 2.32. The first-order valence-corrected chi connectivity index (χ1v) is 13.7. The molecule has 1 N–H and O–H groups in total. The Morgan fingerprint density at radius 2 is 1.69 bits per heavy atom. The zero-order valence-corrected chi connectivity index (χ0v) is 24.6. The molecular weight excluding hydrogens is 537 g/mol. The van der Waals surface area contributed by atoms with Crippen molar-refractivity contribution < 1.29 is 14.2 Å². The van der Waals surface area contributed by atoms with Gasteiger partial charge in [0, 0.05) is 62.0 Å². The predicted octanol–water partition coefficient (Wildman–Crippen LogP) is 6.36. The maximum Gasteiger partial charge on any atom is 0.163 e. The van der Waals surface area contributed by atoms with E-state index in [1.54, 1.807) is 19.2 Å². The van der Waals surface area contributed by atoms with Gasteiger partial charge in [0.15, 0.2) is 11.5 Å². The first-order valence-electron chi connectivity index (χ1n) is 13.0. The quantitative estimate of drug-likeness (QED) is 0.297. The molecule has 0 spiro atoms. The minimum absolute atomic E-state index is 0.215. The van der Waals surface area contributed by atoms with Gasteiger partial charge in [0.25, 0.3) is 0 Å². The average Bonchev–Trinajstić information content (AvgIpc) is 2.92. The van der Waals surface area contributed by atoms with Crippen molar-refractivity contribution in [2.24, 2.45) is 0 Å². The lowest BCUT2D eigenvalue weighted by Gasteiger charge is -2.42. The first kappa shape index (κ1) is 29.0. The van der Waals surface area contributed by atoms with E-state index in [9.17, 15) is 5.26 Å². The third-order valence-corrected chi connectivity index (χ3v) is 7.58. The summed E-state index contributed by atoms with van der Waals surface area (Å²) in [4.78, 5) is 9.52. The van der Waals surface area contributed by atoms with Gasteiger partial charge in [-0.15, -0.1) is 0 Å². The maximum absolute atomic E-state index is 9.78. The number of nitrogens with one attached hydrogen (secondary N) is 1. The summed E-state index contributed by atoms with van der Waals surface area (Å²) in [5, 5.41) is 14.5. The van der Waals surface area contributed by atoms with Gasteiger partial charge in [-0.3, -0.25) is 9.88 Å². The fourth-order valence-corrected chi connectivity index (χ4v) is 5.23. The zero-order chi connectivity index (χ0) is 28.2. The molecule has 0 saturated carbocycles. The van der Waals surface area contributed by atoms with E-state index in [4.69, 9.17) is 37.4 Å². The number of fused-ring (bicyclic) bond motifs is 1. The molecule has 3 aromatic rings. The van der Waals surface area contributed by atoms with E-state index in [2.05, 4.69) is 46.9 Å². The summed E-state index contributed by atoms with van der Waals surface area (Å²) in [6.07, 6.45) is 2.43. The van der Waals surface area contributed by atoms with Crippen molar-refractivity contribution in [1.82, 2.24) is 14.8 Å². The van der Waals surface area contributed by atoms with E-state index in [1.165, 1.54) is 13.3 Å². The van der Waals surface area contributed by atoms with Crippen LogP contribution in [-0.2, 0) is 0 Å². The van der Waals surface area contributed by atoms with E-state index in [1.807, 2.05) is 12.1 Å². The number of ether oxygens (including phenoxy) is 3. The minimum Gasteiger partial charge on any atom is -0.495 e. The van der Waals surface area contributed by atoms with Crippen molar-refractivity contribution >= 4 is 45.5 Å². The van der Waals surface area contributed by atoms with Crippen molar-refractivity contribution in [2.45, 2.75) is 32.7 Å². The summed E-state index contributed by atoms with van der Waals surface area (Å²) in [7, 11) is 3.12. The molecule has 39 heavy (non-hydrogen) atoms. The van der Waals surface area contributed by atoms with Crippen molar-refractivity contribution in [3.63, 3.8) is 0 Å². The Morgan fingerprint density at radius 1 is 0.974 bits per heavy atom. The Bertz CT molecular complexity index is 1360. The molecule has 1 aliphatic heterocycles. The summed E-state index contributed by atoms with van der Waals surface area (Å²) in [5.74, 6) is 1.63. The first-order chi connectivity index (χ1) is 18.6. The highest BCUT2D eigenvalue weighted by Gasteiger charge is 2.25. The van der Waals surface area contributed by atoms with Crippen LogP contribution in [-0.4, -0.2) is 73.9 Å². The molecule has 0 bridgehead atoms. The van der Waals surface area contributed by atoms with Gasteiger partial charge in [0.1, 0.15) is 11.8 Å². The summed E-state index contributed by atoms with van der Waals surface area (Å²) < 4.78 is 17.1. The Hall–Kier alpha value is -2.96. The second kappa shape index (κ2) is 12.5. The molecule has 208 valence electrons. The number of benzene rings is 2. The number of nitrogens with zero attached hydrogens (tertiary/aromatic N) is 4. The Morgan fingerprint density at radius 3 is 2.33 bits per heavy atom. The van der Waals surface area contributed by atoms with Crippen LogP contribution in [0.2, 0.25) is 10.0 Å². The van der Waals surface area contributed by atoms with E-state index in [0.717, 1.165) is 39.1 Å². The summed E-state index contributed by atoms with van der Waals surface area (Å²) in [6, 6.07) is 9.15. The van der Waals surface area contributed by atoms with Crippen LogP contribution in [0.1, 0.15) is 32.8 Å². The van der Waals surface area contributed by atoms with Crippen LogP contribution >= 0.6 is 23.2 Å². The number of methoxy groups -OCH3 is 2. The van der Waals surface area contributed by atoms with Gasteiger partial charge in [-0.25, -0.2) is 0 Å². The third kappa shape index (κ3) is 6.79. The number of piperazine rings is 1. The van der Waals surface area contributed by atoms with Gasteiger partial charge in [-0.1, -0.05) is 23.2 Å². The largest absolute Gasteiger partial charge is 0.495 e. The number of hydrogen-bond acceptors (Lipinski definition) is 8.